The third-order valence-corrected chi connectivity index (χ3v) is 3.13. The van der Waals surface area contributed by atoms with Gasteiger partial charge in [-0.2, -0.15) is 0 Å². The van der Waals surface area contributed by atoms with Crippen molar-refractivity contribution in [2.24, 2.45) is 5.41 Å². The summed E-state index contributed by atoms with van der Waals surface area (Å²) in [5, 5.41) is 3.74. The van der Waals surface area contributed by atoms with Crippen LogP contribution in [0.5, 0.6) is 0 Å². The number of benzene rings is 1. The van der Waals surface area contributed by atoms with Gasteiger partial charge in [0.05, 0.1) is 0 Å². The van der Waals surface area contributed by atoms with E-state index in [4.69, 9.17) is 5.73 Å². The van der Waals surface area contributed by atoms with E-state index in [9.17, 15) is 0 Å². The van der Waals surface area contributed by atoms with Crippen LogP contribution >= 0.6 is 0 Å². The van der Waals surface area contributed by atoms with Crippen LogP contribution in [0.1, 0.15) is 53.5 Å². The minimum absolute atomic E-state index is 0.158. The summed E-state index contributed by atoms with van der Waals surface area (Å²) in [6, 6.07) is 8.64. The summed E-state index contributed by atoms with van der Waals surface area (Å²) < 4.78 is 0. The number of nitrogen functional groups attached to an aromatic ring is 1. The molecule has 2 heteroatoms. The van der Waals surface area contributed by atoms with Gasteiger partial charge in [-0.15, -0.1) is 0 Å². The summed E-state index contributed by atoms with van der Waals surface area (Å²) in [5.41, 5.74) is 8.38. The lowest BCUT2D eigenvalue weighted by molar-refractivity contribution is 0.226. The summed E-state index contributed by atoms with van der Waals surface area (Å²) in [7, 11) is 0. The molecule has 0 amide bonds. The van der Waals surface area contributed by atoms with E-state index in [1.807, 2.05) is 12.1 Å². The van der Waals surface area contributed by atoms with Crippen LogP contribution in [0.15, 0.2) is 24.3 Å². The Morgan fingerprint density at radius 3 is 2.05 bits per heavy atom. The van der Waals surface area contributed by atoms with E-state index in [2.05, 4.69) is 59.0 Å². The first-order valence-electron chi connectivity index (χ1n) is 7.19. The number of hydrogen-bond donors (Lipinski definition) is 2. The zero-order valence-electron chi connectivity index (χ0n) is 13.4. The van der Waals surface area contributed by atoms with Crippen molar-refractivity contribution in [3.8, 4) is 0 Å². The molecule has 1 atom stereocenters. The Bertz CT molecular complexity index is 385. The first-order valence-corrected chi connectivity index (χ1v) is 7.19. The fraction of sp³-hybridized carbons (Fsp3) is 0.647. The largest absolute Gasteiger partial charge is 0.399 e. The maximum atomic E-state index is 5.71. The van der Waals surface area contributed by atoms with Crippen LogP contribution in [0, 0.1) is 5.41 Å². The fourth-order valence-corrected chi connectivity index (χ4v) is 3.10. The smallest absolute Gasteiger partial charge is 0.0314 e. The predicted octanol–water partition coefficient (Wildman–Crippen LogP) is 4.00. The van der Waals surface area contributed by atoms with Crippen molar-refractivity contribution < 1.29 is 0 Å². The molecule has 0 spiro atoms. The molecule has 0 aliphatic heterocycles. The predicted molar refractivity (Wildman–Crippen MR) is 85.3 cm³/mol. The zero-order chi connectivity index (χ0) is 14.7. The summed E-state index contributed by atoms with van der Waals surface area (Å²) in [5.74, 6) is 0. The highest BCUT2D eigenvalue weighted by atomic mass is 15.0. The zero-order valence-corrected chi connectivity index (χ0v) is 13.4. The minimum atomic E-state index is 0.158. The standard InChI is InChI=1S/C17H30N2/c1-13(11-14-7-9-15(18)10-8-14)19-17(5,6)12-16(2,3)4/h7-10,13,19H,11-12,18H2,1-6H3. The van der Waals surface area contributed by atoms with Crippen molar-refractivity contribution in [1.29, 1.82) is 0 Å². The normalized spacial score (nSPS) is 14.4. The summed E-state index contributed by atoms with van der Waals surface area (Å²) in [4.78, 5) is 0. The van der Waals surface area contributed by atoms with E-state index in [-0.39, 0.29) is 5.54 Å². The van der Waals surface area contributed by atoms with Crippen LogP contribution < -0.4 is 11.1 Å². The van der Waals surface area contributed by atoms with Crippen LogP contribution in [0.4, 0.5) is 5.69 Å². The number of hydrogen-bond acceptors (Lipinski definition) is 2. The van der Waals surface area contributed by atoms with E-state index < -0.39 is 0 Å². The molecule has 0 saturated carbocycles. The van der Waals surface area contributed by atoms with Crippen LogP contribution in [0.3, 0.4) is 0 Å². The van der Waals surface area contributed by atoms with Crippen molar-refractivity contribution in [1.82, 2.24) is 5.32 Å². The third-order valence-electron chi connectivity index (χ3n) is 3.13. The lowest BCUT2D eigenvalue weighted by Gasteiger charge is -2.36. The van der Waals surface area contributed by atoms with Gasteiger partial charge in [-0.05, 0) is 56.7 Å². The summed E-state index contributed by atoms with van der Waals surface area (Å²) >= 11 is 0. The minimum Gasteiger partial charge on any atom is -0.399 e. The second-order valence-electron chi connectivity index (χ2n) is 7.61. The average Bonchev–Trinajstić information content (AvgIpc) is 2.16. The van der Waals surface area contributed by atoms with E-state index in [1.54, 1.807) is 0 Å². The molecule has 1 aromatic rings. The van der Waals surface area contributed by atoms with Crippen LogP contribution in [0.25, 0.3) is 0 Å². The number of anilines is 1. The molecule has 1 unspecified atom stereocenters. The Hall–Kier alpha value is -1.02. The van der Waals surface area contributed by atoms with E-state index in [0.29, 0.717) is 11.5 Å². The Balaban J connectivity index is 2.54. The Kier molecular flexibility index (Phi) is 5.03. The Morgan fingerprint density at radius 2 is 1.58 bits per heavy atom. The van der Waals surface area contributed by atoms with E-state index in [0.717, 1.165) is 18.5 Å². The topological polar surface area (TPSA) is 38.0 Å². The first-order chi connectivity index (χ1) is 8.57. The lowest BCUT2D eigenvalue weighted by atomic mass is 9.81. The maximum absolute atomic E-state index is 5.71. The number of rotatable bonds is 5. The highest BCUT2D eigenvalue weighted by Gasteiger charge is 2.26. The maximum Gasteiger partial charge on any atom is 0.0314 e. The monoisotopic (exact) mass is 262 g/mol. The van der Waals surface area contributed by atoms with Crippen LogP contribution in [-0.4, -0.2) is 11.6 Å². The van der Waals surface area contributed by atoms with Crippen molar-refractivity contribution >= 4 is 5.69 Å². The van der Waals surface area contributed by atoms with Gasteiger partial charge in [0.1, 0.15) is 0 Å². The lowest BCUT2D eigenvalue weighted by Crippen LogP contribution is -2.47. The molecule has 0 heterocycles. The molecular formula is C17H30N2. The van der Waals surface area contributed by atoms with Gasteiger partial charge in [0.15, 0.2) is 0 Å². The van der Waals surface area contributed by atoms with Gasteiger partial charge in [0.2, 0.25) is 0 Å². The van der Waals surface area contributed by atoms with Gasteiger partial charge in [0, 0.05) is 17.3 Å². The van der Waals surface area contributed by atoms with Crippen molar-refractivity contribution in [2.75, 3.05) is 5.73 Å². The molecule has 19 heavy (non-hydrogen) atoms. The molecule has 1 aromatic carbocycles. The molecule has 0 bridgehead atoms. The van der Waals surface area contributed by atoms with Gasteiger partial charge >= 0.3 is 0 Å². The van der Waals surface area contributed by atoms with Crippen LogP contribution in [-0.2, 0) is 6.42 Å². The van der Waals surface area contributed by atoms with Gasteiger partial charge in [-0.3, -0.25) is 0 Å². The van der Waals surface area contributed by atoms with E-state index >= 15 is 0 Å². The molecule has 0 fully saturated rings. The third kappa shape index (κ3) is 6.63. The van der Waals surface area contributed by atoms with E-state index in [1.165, 1.54) is 5.56 Å². The first kappa shape index (κ1) is 16.0. The van der Waals surface area contributed by atoms with Crippen molar-refractivity contribution in [3.63, 3.8) is 0 Å². The van der Waals surface area contributed by atoms with Crippen molar-refractivity contribution in [3.05, 3.63) is 29.8 Å². The SMILES string of the molecule is CC(Cc1ccc(N)cc1)NC(C)(C)CC(C)(C)C. The molecule has 3 N–H and O–H groups in total. The average molecular weight is 262 g/mol. The molecular weight excluding hydrogens is 232 g/mol. The number of nitrogens with one attached hydrogen (secondary N) is 1. The molecule has 0 aliphatic carbocycles. The van der Waals surface area contributed by atoms with Gasteiger partial charge in [-0.25, -0.2) is 0 Å². The molecule has 108 valence electrons. The Morgan fingerprint density at radius 1 is 1.05 bits per heavy atom. The summed E-state index contributed by atoms with van der Waals surface area (Å²) in [6.07, 6.45) is 2.19. The quantitative estimate of drug-likeness (QED) is 0.787. The van der Waals surface area contributed by atoms with Crippen LogP contribution in [0.2, 0.25) is 0 Å². The molecule has 2 nitrogen and oxygen atoms in total. The highest BCUT2D eigenvalue weighted by Crippen LogP contribution is 2.27. The Labute approximate surface area is 118 Å². The molecule has 0 aliphatic rings. The second-order valence-corrected chi connectivity index (χ2v) is 7.61. The van der Waals surface area contributed by atoms with Crippen molar-refractivity contribution in [2.45, 2.75) is 66.0 Å². The molecule has 1 rings (SSSR count). The molecule has 0 aromatic heterocycles. The second kappa shape index (κ2) is 5.96. The van der Waals surface area contributed by atoms with Gasteiger partial charge < -0.3 is 11.1 Å². The molecule has 0 radical (unpaired) electrons. The van der Waals surface area contributed by atoms with Gasteiger partial charge in [0.25, 0.3) is 0 Å². The highest BCUT2D eigenvalue weighted by molar-refractivity contribution is 5.39. The molecule has 0 saturated heterocycles. The fourth-order valence-electron chi connectivity index (χ4n) is 3.10. The number of nitrogens with two attached hydrogens (primary N) is 1. The summed E-state index contributed by atoms with van der Waals surface area (Å²) in [6.45, 7) is 13.7. The van der Waals surface area contributed by atoms with Gasteiger partial charge in [-0.1, -0.05) is 32.9 Å².